The molecule has 0 unspecified atom stereocenters. The number of anilines is 3. The summed E-state index contributed by atoms with van der Waals surface area (Å²) in [6.45, 7) is 1.97. The molecule has 0 spiro atoms. The Morgan fingerprint density at radius 2 is 1.60 bits per heavy atom. The Labute approximate surface area is 174 Å². The van der Waals surface area contributed by atoms with Crippen LogP contribution in [0.15, 0.2) is 91.1 Å². The average molecular weight is 396 g/mol. The molecular weight excluding hydrogens is 376 g/mol. The number of carbonyl (C=O) groups excluding carboxylic acids is 1. The van der Waals surface area contributed by atoms with Gasteiger partial charge in [0.05, 0.1) is 0 Å². The molecular formula is C24H20N4O2. The molecule has 30 heavy (non-hydrogen) atoms. The first-order valence-corrected chi connectivity index (χ1v) is 9.47. The first-order valence-electron chi connectivity index (χ1n) is 9.47. The van der Waals surface area contributed by atoms with Gasteiger partial charge in [-0.25, -0.2) is 9.97 Å². The number of hydrogen-bond acceptors (Lipinski definition) is 5. The maximum absolute atomic E-state index is 12.5. The van der Waals surface area contributed by atoms with Crippen LogP contribution in [0.5, 0.6) is 11.5 Å². The molecule has 0 saturated carbocycles. The first kappa shape index (κ1) is 19.1. The molecule has 0 aliphatic rings. The van der Waals surface area contributed by atoms with E-state index in [0.29, 0.717) is 5.95 Å². The van der Waals surface area contributed by atoms with Crippen molar-refractivity contribution in [3.05, 3.63) is 102 Å². The summed E-state index contributed by atoms with van der Waals surface area (Å²) in [5.41, 5.74) is 2.85. The van der Waals surface area contributed by atoms with Gasteiger partial charge in [-0.15, -0.1) is 0 Å². The zero-order valence-corrected chi connectivity index (χ0v) is 16.4. The Kier molecular flexibility index (Phi) is 5.66. The number of amides is 1. The van der Waals surface area contributed by atoms with Crippen molar-refractivity contribution in [1.29, 1.82) is 0 Å². The highest BCUT2D eigenvalue weighted by Gasteiger charge is 2.10. The molecule has 0 aliphatic heterocycles. The lowest BCUT2D eigenvalue weighted by Gasteiger charge is -2.09. The van der Waals surface area contributed by atoms with E-state index >= 15 is 0 Å². The Morgan fingerprint density at radius 3 is 2.37 bits per heavy atom. The van der Waals surface area contributed by atoms with Crippen LogP contribution in [-0.2, 0) is 0 Å². The zero-order chi connectivity index (χ0) is 20.8. The number of hydrogen-bond donors (Lipinski definition) is 2. The molecule has 0 bridgehead atoms. The van der Waals surface area contributed by atoms with Gasteiger partial charge in [0, 0.05) is 17.6 Å². The van der Waals surface area contributed by atoms with Crippen LogP contribution in [0.2, 0.25) is 0 Å². The van der Waals surface area contributed by atoms with Crippen LogP contribution in [0, 0.1) is 6.92 Å². The van der Waals surface area contributed by atoms with Crippen molar-refractivity contribution in [2.24, 2.45) is 0 Å². The van der Waals surface area contributed by atoms with Crippen LogP contribution in [0.1, 0.15) is 16.1 Å². The van der Waals surface area contributed by atoms with Crippen molar-refractivity contribution >= 4 is 23.2 Å². The largest absolute Gasteiger partial charge is 0.457 e. The van der Waals surface area contributed by atoms with Crippen molar-refractivity contribution < 1.29 is 9.53 Å². The Balaban J connectivity index is 1.42. The fourth-order valence-electron chi connectivity index (χ4n) is 2.82. The Hall–Kier alpha value is -4.19. The molecule has 148 valence electrons. The predicted octanol–water partition coefficient (Wildman–Crippen LogP) is 5.57. The molecule has 0 atom stereocenters. The number of ether oxygens (including phenoxy) is 1. The smallest absolute Gasteiger partial charge is 0.274 e. The number of para-hydroxylation sites is 1. The van der Waals surface area contributed by atoms with Gasteiger partial charge < -0.3 is 15.4 Å². The van der Waals surface area contributed by atoms with Gasteiger partial charge in [0.25, 0.3) is 5.91 Å². The topological polar surface area (TPSA) is 76.1 Å². The van der Waals surface area contributed by atoms with E-state index in [1.165, 1.54) is 0 Å². The maximum Gasteiger partial charge on any atom is 0.274 e. The van der Waals surface area contributed by atoms with Crippen molar-refractivity contribution in [1.82, 2.24) is 9.97 Å². The molecule has 4 aromatic rings. The van der Waals surface area contributed by atoms with Crippen LogP contribution in [0.4, 0.5) is 17.3 Å². The lowest BCUT2D eigenvalue weighted by Crippen LogP contribution is -2.14. The molecule has 0 saturated heterocycles. The molecule has 1 aromatic heterocycles. The summed E-state index contributed by atoms with van der Waals surface area (Å²) in [5.74, 6) is 1.54. The van der Waals surface area contributed by atoms with Crippen molar-refractivity contribution in [3.8, 4) is 11.5 Å². The summed E-state index contributed by atoms with van der Waals surface area (Å²) in [4.78, 5) is 21.0. The highest BCUT2D eigenvalue weighted by Crippen LogP contribution is 2.23. The van der Waals surface area contributed by atoms with Crippen LogP contribution < -0.4 is 15.4 Å². The molecule has 1 amide bonds. The summed E-state index contributed by atoms with van der Waals surface area (Å²) < 4.78 is 5.79. The van der Waals surface area contributed by atoms with Gasteiger partial charge in [-0.3, -0.25) is 4.79 Å². The number of rotatable bonds is 6. The highest BCUT2D eigenvalue weighted by molar-refractivity contribution is 6.03. The van der Waals surface area contributed by atoms with Crippen LogP contribution in [-0.4, -0.2) is 15.9 Å². The summed E-state index contributed by atoms with van der Waals surface area (Å²) in [6.07, 6.45) is 1.55. The van der Waals surface area contributed by atoms with Gasteiger partial charge in [-0.05, 0) is 67.1 Å². The van der Waals surface area contributed by atoms with E-state index in [1.54, 1.807) is 12.3 Å². The Bertz CT molecular complexity index is 1150. The minimum atomic E-state index is -0.294. The normalized spacial score (nSPS) is 10.3. The van der Waals surface area contributed by atoms with E-state index < -0.39 is 0 Å². The number of aryl methyl sites for hydroxylation is 1. The van der Waals surface area contributed by atoms with Gasteiger partial charge in [0.15, 0.2) is 0 Å². The van der Waals surface area contributed by atoms with Gasteiger partial charge in [0.1, 0.15) is 17.2 Å². The third-order valence-electron chi connectivity index (χ3n) is 4.25. The van der Waals surface area contributed by atoms with Crippen molar-refractivity contribution in [2.45, 2.75) is 6.92 Å². The van der Waals surface area contributed by atoms with E-state index in [4.69, 9.17) is 4.74 Å². The standard InChI is InChI=1S/C24H20N4O2/c1-17-6-5-7-19(16-17)26-23(29)22-14-15-25-24(28-22)27-18-10-12-21(13-11-18)30-20-8-3-2-4-9-20/h2-16H,1H3,(H,26,29)(H,25,27,28). The van der Waals surface area contributed by atoms with E-state index in [1.807, 2.05) is 85.8 Å². The molecule has 0 aliphatic carbocycles. The quantitative estimate of drug-likeness (QED) is 0.445. The number of nitrogens with zero attached hydrogens (tertiary/aromatic N) is 2. The lowest BCUT2D eigenvalue weighted by molar-refractivity contribution is 0.102. The second-order valence-corrected chi connectivity index (χ2v) is 6.65. The van der Waals surface area contributed by atoms with Gasteiger partial charge >= 0.3 is 0 Å². The summed E-state index contributed by atoms with van der Waals surface area (Å²) in [6, 6.07) is 26.2. The van der Waals surface area contributed by atoms with Crippen LogP contribution in [0.25, 0.3) is 0 Å². The van der Waals surface area contributed by atoms with Gasteiger partial charge in [0.2, 0.25) is 5.95 Å². The van der Waals surface area contributed by atoms with Gasteiger partial charge in [-0.2, -0.15) is 0 Å². The maximum atomic E-state index is 12.5. The minimum Gasteiger partial charge on any atom is -0.457 e. The third-order valence-corrected chi connectivity index (χ3v) is 4.25. The Morgan fingerprint density at radius 1 is 0.833 bits per heavy atom. The lowest BCUT2D eigenvalue weighted by atomic mass is 10.2. The monoisotopic (exact) mass is 396 g/mol. The molecule has 6 heteroatoms. The summed E-state index contributed by atoms with van der Waals surface area (Å²) >= 11 is 0. The fraction of sp³-hybridized carbons (Fsp3) is 0.0417. The molecule has 1 heterocycles. The SMILES string of the molecule is Cc1cccc(NC(=O)c2ccnc(Nc3ccc(Oc4ccccc4)cc3)n2)c1. The molecule has 0 radical (unpaired) electrons. The van der Waals surface area contributed by atoms with Crippen LogP contribution >= 0.6 is 0 Å². The number of aromatic nitrogens is 2. The number of carbonyl (C=O) groups is 1. The molecule has 0 fully saturated rings. The second kappa shape index (κ2) is 8.87. The minimum absolute atomic E-state index is 0.276. The first-order chi connectivity index (χ1) is 14.7. The molecule has 2 N–H and O–H groups in total. The summed E-state index contributed by atoms with van der Waals surface area (Å²) in [5, 5.41) is 5.95. The number of nitrogens with one attached hydrogen (secondary N) is 2. The van der Waals surface area contributed by atoms with Crippen LogP contribution in [0.3, 0.4) is 0 Å². The molecule has 6 nitrogen and oxygen atoms in total. The van der Waals surface area contributed by atoms with E-state index in [0.717, 1.165) is 28.4 Å². The van der Waals surface area contributed by atoms with Gasteiger partial charge in [-0.1, -0.05) is 30.3 Å². The highest BCUT2D eigenvalue weighted by atomic mass is 16.5. The second-order valence-electron chi connectivity index (χ2n) is 6.65. The van der Waals surface area contributed by atoms with Crippen molar-refractivity contribution in [2.75, 3.05) is 10.6 Å². The van der Waals surface area contributed by atoms with Crippen molar-refractivity contribution in [3.63, 3.8) is 0 Å². The third kappa shape index (κ3) is 4.99. The van der Waals surface area contributed by atoms with E-state index in [2.05, 4.69) is 20.6 Å². The average Bonchev–Trinajstić information content (AvgIpc) is 2.76. The predicted molar refractivity (Wildman–Crippen MR) is 117 cm³/mol. The van der Waals surface area contributed by atoms with E-state index in [-0.39, 0.29) is 11.6 Å². The van der Waals surface area contributed by atoms with E-state index in [9.17, 15) is 4.79 Å². The summed E-state index contributed by atoms with van der Waals surface area (Å²) in [7, 11) is 0. The molecule has 3 aromatic carbocycles. The zero-order valence-electron chi connectivity index (χ0n) is 16.4. The molecule has 4 rings (SSSR count). The number of benzene rings is 3. The fourth-order valence-corrected chi connectivity index (χ4v) is 2.82.